The zero-order chi connectivity index (χ0) is 17.8. The van der Waals surface area contributed by atoms with E-state index in [1.807, 2.05) is 24.3 Å². The highest BCUT2D eigenvalue weighted by Crippen LogP contribution is 2.26. The Labute approximate surface area is 154 Å². The molecule has 25 heavy (non-hydrogen) atoms. The van der Waals surface area contributed by atoms with Gasteiger partial charge in [0.2, 0.25) is 5.91 Å². The molecule has 0 bridgehead atoms. The van der Waals surface area contributed by atoms with Crippen LogP contribution in [0.5, 0.6) is 0 Å². The molecule has 1 aromatic heterocycles. The first-order valence-corrected chi connectivity index (χ1v) is 8.89. The quantitative estimate of drug-likeness (QED) is 0.822. The van der Waals surface area contributed by atoms with Crippen LogP contribution in [0.3, 0.4) is 0 Å². The number of aromatic nitrogens is 1. The van der Waals surface area contributed by atoms with Crippen LogP contribution < -0.4 is 16.0 Å². The number of hydrogen-bond donors (Lipinski definition) is 2. The van der Waals surface area contributed by atoms with Gasteiger partial charge in [0.05, 0.1) is 11.3 Å². The van der Waals surface area contributed by atoms with Gasteiger partial charge in [-0.1, -0.05) is 15.9 Å². The molecule has 0 radical (unpaired) electrons. The van der Waals surface area contributed by atoms with Gasteiger partial charge in [0, 0.05) is 41.6 Å². The Morgan fingerprint density at radius 1 is 1.16 bits per heavy atom. The normalized spacial score (nSPS) is 15.0. The van der Waals surface area contributed by atoms with Gasteiger partial charge >= 0.3 is 0 Å². The molecule has 1 aromatic carbocycles. The molecule has 130 valence electrons. The number of halogens is 1. The van der Waals surface area contributed by atoms with Crippen LogP contribution in [0.15, 0.2) is 47.2 Å². The Morgan fingerprint density at radius 3 is 2.48 bits per heavy atom. The van der Waals surface area contributed by atoms with Gasteiger partial charge in [-0.15, -0.1) is 0 Å². The fourth-order valence-corrected chi connectivity index (χ4v) is 3.28. The van der Waals surface area contributed by atoms with Crippen LogP contribution in [0.4, 0.5) is 11.4 Å². The maximum Gasteiger partial charge on any atom is 0.252 e. The lowest BCUT2D eigenvalue weighted by Gasteiger charge is -2.33. The smallest absolute Gasteiger partial charge is 0.252 e. The minimum Gasteiger partial charge on any atom is -0.371 e. The molecule has 0 unspecified atom stereocenters. The molecule has 1 aliphatic rings. The summed E-state index contributed by atoms with van der Waals surface area (Å²) < 4.78 is 0.974. The van der Waals surface area contributed by atoms with E-state index in [4.69, 9.17) is 5.73 Å². The van der Waals surface area contributed by atoms with Crippen molar-refractivity contribution in [3.63, 3.8) is 0 Å². The fraction of sp³-hybridized carbons (Fsp3) is 0.278. The molecule has 3 N–H and O–H groups in total. The molecule has 2 aromatic rings. The van der Waals surface area contributed by atoms with Gasteiger partial charge < -0.3 is 16.0 Å². The molecule has 0 atom stereocenters. The van der Waals surface area contributed by atoms with Crippen LogP contribution in [-0.4, -0.2) is 29.9 Å². The number of carbonyl (C=O) groups excluding carboxylic acids is 2. The van der Waals surface area contributed by atoms with Crippen molar-refractivity contribution in [2.75, 3.05) is 23.3 Å². The van der Waals surface area contributed by atoms with Crippen LogP contribution in [0.1, 0.15) is 23.2 Å². The molecule has 2 amide bonds. The summed E-state index contributed by atoms with van der Waals surface area (Å²) in [5.74, 6) is -0.496. The molecule has 0 spiro atoms. The summed E-state index contributed by atoms with van der Waals surface area (Å²) in [6.45, 7) is 1.39. The molecule has 1 saturated heterocycles. The third-order valence-electron chi connectivity index (χ3n) is 4.38. The van der Waals surface area contributed by atoms with Gasteiger partial charge in [-0.25, -0.2) is 0 Å². The van der Waals surface area contributed by atoms with Gasteiger partial charge in [-0.2, -0.15) is 0 Å². The first-order chi connectivity index (χ1) is 12.0. The van der Waals surface area contributed by atoms with E-state index in [1.165, 1.54) is 6.20 Å². The Hall–Kier alpha value is -2.41. The van der Waals surface area contributed by atoms with Crippen LogP contribution >= 0.6 is 15.9 Å². The summed E-state index contributed by atoms with van der Waals surface area (Å²) >= 11 is 3.38. The van der Waals surface area contributed by atoms with Crippen LogP contribution in [0.2, 0.25) is 0 Å². The highest BCUT2D eigenvalue weighted by molar-refractivity contribution is 9.10. The van der Waals surface area contributed by atoms with Crippen molar-refractivity contribution in [1.29, 1.82) is 0 Å². The van der Waals surface area contributed by atoms with Gasteiger partial charge in [0.15, 0.2) is 0 Å². The largest absolute Gasteiger partial charge is 0.371 e. The Balaban J connectivity index is 1.61. The van der Waals surface area contributed by atoms with Crippen molar-refractivity contribution in [2.24, 2.45) is 11.7 Å². The highest BCUT2D eigenvalue weighted by Gasteiger charge is 2.26. The zero-order valence-electron chi connectivity index (χ0n) is 13.6. The highest BCUT2D eigenvalue weighted by atomic mass is 79.9. The maximum absolute atomic E-state index is 12.4. The number of anilines is 2. The Bertz CT molecular complexity index is 771. The molecule has 1 fully saturated rings. The van der Waals surface area contributed by atoms with Crippen LogP contribution in [0, 0.1) is 5.92 Å². The molecular weight excluding hydrogens is 384 g/mol. The predicted octanol–water partition coefficient (Wildman–Crippen LogP) is 2.80. The van der Waals surface area contributed by atoms with Crippen molar-refractivity contribution in [2.45, 2.75) is 12.8 Å². The third kappa shape index (κ3) is 4.17. The van der Waals surface area contributed by atoms with Crippen molar-refractivity contribution in [3.05, 3.63) is 52.8 Å². The molecule has 6 nitrogen and oxygen atoms in total. The first kappa shape index (κ1) is 17.4. The van der Waals surface area contributed by atoms with Crippen LogP contribution in [0.25, 0.3) is 0 Å². The summed E-state index contributed by atoms with van der Waals surface area (Å²) in [4.78, 5) is 30.0. The lowest BCUT2D eigenvalue weighted by atomic mass is 9.95. The topological polar surface area (TPSA) is 88.3 Å². The van der Waals surface area contributed by atoms with Gasteiger partial charge in [-0.05, 0) is 43.2 Å². The number of primary amides is 1. The number of pyridine rings is 1. The molecule has 0 aliphatic carbocycles. The molecular formula is C18H19BrN4O2. The molecule has 0 saturated carbocycles. The van der Waals surface area contributed by atoms with E-state index in [0.29, 0.717) is 18.7 Å². The van der Waals surface area contributed by atoms with Crippen molar-refractivity contribution >= 4 is 39.1 Å². The second-order valence-corrected chi connectivity index (χ2v) is 6.93. The third-order valence-corrected chi connectivity index (χ3v) is 4.91. The SMILES string of the molecule is NC(=O)c1cnccc1N1CCC(C(=O)Nc2ccc(Br)cc2)CC1. The average Bonchev–Trinajstić information content (AvgIpc) is 2.63. The number of rotatable bonds is 4. The number of carbonyl (C=O) groups is 2. The summed E-state index contributed by atoms with van der Waals surface area (Å²) in [7, 11) is 0. The van der Waals surface area contributed by atoms with E-state index < -0.39 is 5.91 Å². The lowest BCUT2D eigenvalue weighted by Crippen LogP contribution is -2.39. The van der Waals surface area contributed by atoms with Gasteiger partial charge in [0.25, 0.3) is 5.91 Å². The summed E-state index contributed by atoms with van der Waals surface area (Å²) in [5.41, 5.74) is 7.42. The fourth-order valence-electron chi connectivity index (χ4n) is 3.01. The molecule has 3 rings (SSSR count). The lowest BCUT2D eigenvalue weighted by molar-refractivity contribution is -0.120. The standard InChI is InChI=1S/C18H19BrN4O2/c19-13-1-3-14(4-2-13)22-18(25)12-6-9-23(10-7-12)16-5-8-21-11-15(16)17(20)24/h1-5,8,11-12H,6-7,9-10H2,(H2,20,24)(H,22,25). The van der Waals surface area contributed by atoms with E-state index in [2.05, 4.69) is 31.1 Å². The van der Waals surface area contributed by atoms with Gasteiger partial charge in [0.1, 0.15) is 0 Å². The summed E-state index contributed by atoms with van der Waals surface area (Å²) in [6.07, 6.45) is 4.59. The molecule has 2 heterocycles. The number of nitrogens with one attached hydrogen (secondary N) is 1. The minimum absolute atomic E-state index is 0.0341. The number of nitrogens with zero attached hydrogens (tertiary/aromatic N) is 2. The van der Waals surface area contributed by atoms with E-state index >= 15 is 0 Å². The summed E-state index contributed by atoms with van der Waals surface area (Å²) in [6, 6.07) is 9.32. The molecule has 7 heteroatoms. The Morgan fingerprint density at radius 2 is 1.84 bits per heavy atom. The van der Waals surface area contributed by atoms with Crippen molar-refractivity contribution < 1.29 is 9.59 Å². The van der Waals surface area contributed by atoms with E-state index in [0.717, 1.165) is 28.7 Å². The van der Waals surface area contributed by atoms with Crippen molar-refractivity contribution in [1.82, 2.24) is 4.98 Å². The number of nitrogens with two attached hydrogens (primary N) is 1. The number of piperidine rings is 1. The van der Waals surface area contributed by atoms with Crippen LogP contribution in [-0.2, 0) is 4.79 Å². The van der Waals surface area contributed by atoms with Crippen molar-refractivity contribution in [3.8, 4) is 0 Å². The number of benzene rings is 1. The monoisotopic (exact) mass is 402 g/mol. The Kier molecular flexibility index (Phi) is 5.33. The first-order valence-electron chi connectivity index (χ1n) is 8.10. The number of amides is 2. The maximum atomic E-state index is 12.4. The van der Waals surface area contributed by atoms with E-state index in [9.17, 15) is 9.59 Å². The second-order valence-electron chi connectivity index (χ2n) is 6.01. The molecule has 1 aliphatic heterocycles. The predicted molar refractivity (Wildman–Crippen MR) is 100 cm³/mol. The van der Waals surface area contributed by atoms with E-state index in [1.54, 1.807) is 12.3 Å². The van der Waals surface area contributed by atoms with Gasteiger partial charge in [-0.3, -0.25) is 14.6 Å². The second kappa shape index (κ2) is 7.65. The summed E-state index contributed by atoms with van der Waals surface area (Å²) in [5, 5.41) is 2.96. The average molecular weight is 403 g/mol. The van der Waals surface area contributed by atoms with E-state index in [-0.39, 0.29) is 11.8 Å². The number of hydrogen-bond acceptors (Lipinski definition) is 4. The zero-order valence-corrected chi connectivity index (χ0v) is 15.2. The minimum atomic E-state index is -0.488.